The fourth-order valence-electron chi connectivity index (χ4n) is 2.56. The Morgan fingerprint density at radius 3 is 2.34 bits per heavy atom. The summed E-state index contributed by atoms with van der Waals surface area (Å²) in [5, 5.41) is 2.37. The van der Waals surface area contributed by atoms with Crippen molar-refractivity contribution >= 4 is 23.2 Å². The topological polar surface area (TPSA) is 51.1 Å². The number of nitrogens with zero attached hydrogens (tertiary/aromatic N) is 1. The molecule has 0 unspecified atom stereocenters. The Morgan fingerprint density at radius 2 is 1.72 bits per heavy atom. The van der Waals surface area contributed by atoms with Crippen molar-refractivity contribution < 1.29 is 22.4 Å². The first-order valence-corrected chi connectivity index (χ1v) is 8.64. The summed E-state index contributed by atoms with van der Waals surface area (Å²) < 4.78 is 52.4. The van der Waals surface area contributed by atoms with Gasteiger partial charge in [0, 0.05) is 18.0 Å². The third kappa shape index (κ3) is 5.03. The molecule has 0 aliphatic heterocycles. The summed E-state index contributed by atoms with van der Waals surface area (Å²) in [6, 6.07) is 10.5. The summed E-state index contributed by atoms with van der Waals surface area (Å²) in [6.45, 7) is -0.0134. The average Bonchev–Trinajstić information content (AvgIpc) is 2.66. The van der Waals surface area contributed by atoms with E-state index in [0.717, 1.165) is 18.2 Å². The summed E-state index contributed by atoms with van der Waals surface area (Å²) in [7, 11) is 0. The molecule has 0 aliphatic carbocycles. The first-order valence-electron chi connectivity index (χ1n) is 8.26. The van der Waals surface area contributed by atoms with E-state index in [1.807, 2.05) is 0 Å². The van der Waals surface area contributed by atoms with Gasteiger partial charge in [0.2, 0.25) is 0 Å². The van der Waals surface area contributed by atoms with Crippen molar-refractivity contribution in [3.63, 3.8) is 0 Å². The largest absolute Gasteiger partial charge is 0.416 e. The quantitative estimate of drug-likeness (QED) is 0.602. The monoisotopic (exact) mass is 424 g/mol. The standard InChI is InChI=1S/C20H13ClF4N2O2/c21-16-9-15(6-7-17(16)22)26-19(29)13-3-8-18(28)27(11-13)10-12-1-4-14(5-2-12)20(23,24)25/h1-9,11H,10H2,(H,26,29). The molecule has 0 fully saturated rings. The number of alkyl halides is 3. The Kier molecular flexibility index (Phi) is 5.74. The number of anilines is 1. The molecule has 0 bridgehead atoms. The highest BCUT2D eigenvalue weighted by molar-refractivity contribution is 6.31. The van der Waals surface area contributed by atoms with Crippen molar-refractivity contribution in [1.29, 1.82) is 0 Å². The lowest BCUT2D eigenvalue weighted by Gasteiger charge is -2.11. The molecule has 3 rings (SSSR count). The number of aromatic nitrogens is 1. The van der Waals surface area contributed by atoms with Crippen LogP contribution in [0.3, 0.4) is 0 Å². The average molecular weight is 425 g/mol. The van der Waals surface area contributed by atoms with Gasteiger partial charge in [0.25, 0.3) is 11.5 Å². The number of hydrogen-bond acceptors (Lipinski definition) is 2. The Hall–Kier alpha value is -3.13. The minimum Gasteiger partial charge on any atom is -0.322 e. The number of pyridine rings is 1. The van der Waals surface area contributed by atoms with Crippen LogP contribution in [-0.2, 0) is 12.7 Å². The molecule has 0 spiro atoms. The van der Waals surface area contributed by atoms with Crippen LogP contribution in [0.15, 0.2) is 65.6 Å². The first kappa shape index (κ1) is 20.6. The second kappa shape index (κ2) is 8.08. The van der Waals surface area contributed by atoms with Crippen molar-refractivity contribution in [2.45, 2.75) is 12.7 Å². The van der Waals surface area contributed by atoms with Crippen LogP contribution in [0.5, 0.6) is 0 Å². The molecule has 1 heterocycles. The molecule has 0 atom stereocenters. The Labute approximate surface area is 167 Å². The third-order valence-corrected chi connectivity index (χ3v) is 4.35. The highest BCUT2D eigenvalue weighted by Crippen LogP contribution is 2.29. The molecule has 3 aromatic rings. The van der Waals surface area contributed by atoms with Crippen LogP contribution in [-0.4, -0.2) is 10.5 Å². The predicted molar refractivity (Wildman–Crippen MR) is 101 cm³/mol. The molecule has 1 N–H and O–H groups in total. The normalized spacial score (nSPS) is 11.3. The SMILES string of the molecule is O=C(Nc1ccc(F)c(Cl)c1)c1ccc(=O)n(Cc2ccc(C(F)(F)F)cc2)c1. The molecule has 1 aromatic heterocycles. The number of amides is 1. The van der Waals surface area contributed by atoms with Gasteiger partial charge in [-0.1, -0.05) is 23.7 Å². The molecule has 0 saturated carbocycles. The highest BCUT2D eigenvalue weighted by atomic mass is 35.5. The Bertz CT molecular complexity index is 1110. The van der Waals surface area contributed by atoms with Crippen molar-refractivity contribution in [3.05, 3.63) is 98.7 Å². The predicted octanol–water partition coefficient (Wildman–Crippen LogP) is 4.96. The second-order valence-corrected chi connectivity index (χ2v) is 6.57. The van der Waals surface area contributed by atoms with Crippen LogP contribution in [0.2, 0.25) is 5.02 Å². The number of rotatable bonds is 4. The number of carbonyl (C=O) groups excluding carboxylic acids is 1. The fraction of sp³-hybridized carbons (Fsp3) is 0.100. The van der Waals surface area contributed by atoms with E-state index >= 15 is 0 Å². The van der Waals surface area contributed by atoms with Crippen LogP contribution in [0.25, 0.3) is 0 Å². The Morgan fingerprint density at radius 1 is 1.03 bits per heavy atom. The van der Waals surface area contributed by atoms with E-state index in [-0.39, 0.29) is 22.8 Å². The molecule has 4 nitrogen and oxygen atoms in total. The lowest BCUT2D eigenvalue weighted by Crippen LogP contribution is -2.22. The van der Waals surface area contributed by atoms with Crippen molar-refractivity contribution in [3.8, 4) is 0 Å². The smallest absolute Gasteiger partial charge is 0.322 e. The Balaban J connectivity index is 1.79. The number of benzene rings is 2. The number of carbonyl (C=O) groups is 1. The maximum absolute atomic E-state index is 13.2. The summed E-state index contributed by atoms with van der Waals surface area (Å²) in [4.78, 5) is 24.5. The van der Waals surface area contributed by atoms with Gasteiger partial charge in [0.05, 0.1) is 22.7 Å². The van der Waals surface area contributed by atoms with Gasteiger partial charge in [0.15, 0.2) is 0 Å². The zero-order chi connectivity index (χ0) is 21.2. The van der Waals surface area contributed by atoms with Gasteiger partial charge in [-0.25, -0.2) is 4.39 Å². The minimum atomic E-state index is -4.45. The molecule has 29 heavy (non-hydrogen) atoms. The molecular weight excluding hydrogens is 412 g/mol. The molecule has 2 aromatic carbocycles. The zero-order valence-electron chi connectivity index (χ0n) is 14.6. The van der Waals surface area contributed by atoms with Gasteiger partial charge in [0.1, 0.15) is 5.82 Å². The first-order chi connectivity index (χ1) is 13.6. The highest BCUT2D eigenvalue weighted by Gasteiger charge is 2.29. The van der Waals surface area contributed by atoms with Gasteiger partial charge >= 0.3 is 6.18 Å². The number of hydrogen-bond donors (Lipinski definition) is 1. The van der Waals surface area contributed by atoms with E-state index in [4.69, 9.17) is 11.6 Å². The number of halogens is 5. The van der Waals surface area contributed by atoms with E-state index in [9.17, 15) is 27.2 Å². The van der Waals surface area contributed by atoms with Crippen LogP contribution >= 0.6 is 11.6 Å². The van der Waals surface area contributed by atoms with Gasteiger partial charge in [-0.2, -0.15) is 13.2 Å². The van der Waals surface area contributed by atoms with E-state index < -0.39 is 29.0 Å². The van der Waals surface area contributed by atoms with Crippen LogP contribution in [0.1, 0.15) is 21.5 Å². The van der Waals surface area contributed by atoms with Gasteiger partial charge in [-0.15, -0.1) is 0 Å². The molecule has 9 heteroatoms. The molecule has 0 aliphatic rings. The van der Waals surface area contributed by atoms with E-state index in [1.165, 1.54) is 47.2 Å². The van der Waals surface area contributed by atoms with Gasteiger partial charge in [-0.3, -0.25) is 9.59 Å². The zero-order valence-corrected chi connectivity index (χ0v) is 15.4. The molecular formula is C20H13ClF4N2O2. The lowest BCUT2D eigenvalue weighted by molar-refractivity contribution is -0.137. The fourth-order valence-corrected chi connectivity index (χ4v) is 2.74. The van der Waals surface area contributed by atoms with E-state index in [0.29, 0.717) is 5.56 Å². The van der Waals surface area contributed by atoms with Crippen molar-refractivity contribution in [1.82, 2.24) is 4.57 Å². The third-order valence-electron chi connectivity index (χ3n) is 4.06. The van der Waals surface area contributed by atoms with Crippen LogP contribution in [0.4, 0.5) is 23.2 Å². The van der Waals surface area contributed by atoms with E-state index in [1.54, 1.807) is 0 Å². The molecule has 0 saturated heterocycles. The summed E-state index contributed by atoms with van der Waals surface area (Å²) in [5.41, 5.74) is -0.354. The molecule has 0 radical (unpaired) electrons. The van der Waals surface area contributed by atoms with Gasteiger partial charge < -0.3 is 9.88 Å². The summed E-state index contributed by atoms with van der Waals surface area (Å²) >= 11 is 5.68. The van der Waals surface area contributed by atoms with Gasteiger partial charge in [-0.05, 0) is 42.0 Å². The van der Waals surface area contributed by atoms with E-state index in [2.05, 4.69) is 5.32 Å². The maximum Gasteiger partial charge on any atom is 0.416 e. The second-order valence-electron chi connectivity index (χ2n) is 6.16. The summed E-state index contributed by atoms with van der Waals surface area (Å²) in [6.07, 6.45) is -3.16. The minimum absolute atomic E-state index is 0.0134. The lowest BCUT2D eigenvalue weighted by atomic mass is 10.1. The molecule has 150 valence electrons. The van der Waals surface area contributed by atoms with Crippen LogP contribution < -0.4 is 10.9 Å². The molecule has 1 amide bonds. The maximum atomic E-state index is 13.2. The van der Waals surface area contributed by atoms with Crippen molar-refractivity contribution in [2.24, 2.45) is 0 Å². The number of nitrogens with one attached hydrogen (secondary N) is 1. The summed E-state index contributed by atoms with van der Waals surface area (Å²) in [5.74, 6) is -1.19. The van der Waals surface area contributed by atoms with Crippen molar-refractivity contribution in [2.75, 3.05) is 5.32 Å². The van der Waals surface area contributed by atoms with Crippen LogP contribution in [0, 0.1) is 5.82 Å².